The molecule has 0 bridgehead atoms. The number of allylic oxidation sites excluding steroid dienone is 1. The Morgan fingerprint density at radius 2 is 1.96 bits per heavy atom. The molecule has 0 aliphatic heterocycles. The molecule has 0 saturated heterocycles. The fourth-order valence-electron chi connectivity index (χ4n) is 3.06. The molecule has 1 rings (SSSR count). The average Bonchev–Trinajstić information content (AvgIpc) is 2.53. The zero-order valence-corrected chi connectivity index (χ0v) is 15.6. The Morgan fingerprint density at radius 3 is 2.65 bits per heavy atom. The molecule has 2 atom stereocenters. The standard InChI is InChI=1S/C23H34/c1-6-8-9-14-19(3)15-10-11-16-20(4)23-18-12-17-21(5)22(23)13-7-2/h7,12,17-20H,2,6,8-10,13-15H2,1,3-5H3. The lowest BCUT2D eigenvalue weighted by Gasteiger charge is -2.13. The lowest BCUT2D eigenvalue weighted by Crippen LogP contribution is -1.99. The summed E-state index contributed by atoms with van der Waals surface area (Å²) in [6.07, 6.45) is 10.6. The molecule has 2 unspecified atom stereocenters. The van der Waals surface area contributed by atoms with Crippen LogP contribution >= 0.6 is 0 Å². The Kier molecular flexibility index (Phi) is 9.46. The highest BCUT2D eigenvalue weighted by atomic mass is 14.1. The van der Waals surface area contributed by atoms with Crippen LogP contribution in [0.3, 0.4) is 0 Å². The highest BCUT2D eigenvalue weighted by Gasteiger charge is 2.09. The number of hydrogen-bond acceptors (Lipinski definition) is 0. The van der Waals surface area contributed by atoms with Gasteiger partial charge in [-0.2, -0.15) is 0 Å². The fourth-order valence-corrected chi connectivity index (χ4v) is 3.06. The number of rotatable bonds is 9. The first-order chi connectivity index (χ1) is 11.1. The minimum absolute atomic E-state index is 0.306. The molecular formula is C23H34. The maximum absolute atomic E-state index is 3.89. The van der Waals surface area contributed by atoms with E-state index >= 15 is 0 Å². The molecule has 126 valence electrons. The number of hydrogen-bond donors (Lipinski definition) is 0. The molecule has 0 aliphatic rings. The minimum Gasteiger partial charge on any atom is -0.103 e. The first-order valence-electron chi connectivity index (χ1n) is 9.27. The van der Waals surface area contributed by atoms with Crippen LogP contribution < -0.4 is 0 Å². The third kappa shape index (κ3) is 7.08. The topological polar surface area (TPSA) is 0 Å². The predicted octanol–water partition coefficient (Wildman–Crippen LogP) is 6.83. The number of benzene rings is 1. The third-order valence-corrected chi connectivity index (χ3v) is 4.64. The van der Waals surface area contributed by atoms with Crippen molar-refractivity contribution in [3.8, 4) is 11.8 Å². The van der Waals surface area contributed by atoms with Crippen molar-refractivity contribution in [3.05, 3.63) is 47.5 Å². The average molecular weight is 311 g/mol. The molecule has 0 aliphatic carbocycles. The molecule has 0 fully saturated rings. The Balaban J connectivity index is 2.56. The number of aryl methyl sites for hydroxylation is 1. The molecular weight excluding hydrogens is 276 g/mol. The summed E-state index contributed by atoms with van der Waals surface area (Å²) >= 11 is 0. The van der Waals surface area contributed by atoms with E-state index < -0.39 is 0 Å². The van der Waals surface area contributed by atoms with Crippen molar-refractivity contribution >= 4 is 0 Å². The first-order valence-corrected chi connectivity index (χ1v) is 9.27. The van der Waals surface area contributed by atoms with Crippen LogP contribution in [0.25, 0.3) is 0 Å². The molecule has 1 aromatic carbocycles. The summed E-state index contributed by atoms with van der Waals surface area (Å²) in [7, 11) is 0. The van der Waals surface area contributed by atoms with Gasteiger partial charge in [0.05, 0.1) is 0 Å². The Morgan fingerprint density at radius 1 is 1.17 bits per heavy atom. The van der Waals surface area contributed by atoms with Gasteiger partial charge in [0.2, 0.25) is 0 Å². The van der Waals surface area contributed by atoms with Crippen LogP contribution in [0, 0.1) is 24.7 Å². The van der Waals surface area contributed by atoms with Crippen LogP contribution in [0.4, 0.5) is 0 Å². The van der Waals surface area contributed by atoms with Gasteiger partial charge in [0, 0.05) is 12.3 Å². The van der Waals surface area contributed by atoms with Crippen LogP contribution in [0.2, 0.25) is 0 Å². The van der Waals surface area contributed by atoms with Crippen LogP contribution in [0.1, 0.15) is 81.9 Å². The van der Waals surface area contributed by atoms with Gasteiger partial charge in [0.25, 0.3) is 0 Å². The maximum Gasteiger partial charge on any atom is 0.0427 e. The summed E-state index contributed by atoms with van der Waals surface area (Å²) in [6.45, 7) is 12.9. The molecule has 0 heteroatoms. The molecule has 0 saturated carbocycles. The summed E-state index contributed by atoms with van der Waals surface area (Å²) in [5.41, 5.74) is 4.12. The van der Waals surface area contributed by atoms with E-state index in [1.807, 2.05) is 6.08 Å². The van der Waals surface area contributed by atoms with Crippen LogP contribution in [-0.2, 0) is 6.42 Å². The van der Waals surface area contributed by atoms with E-state index in [1.54, 1.807) is 0 Å². The Bertz CT molecular complexity index is 527. The minimum atomic E-state index is 0.306. The third-order valence-electron chi connectivity index (χ3n) is 4.64. The van der Waals surface area contributed by atoms with E-state index in [2.05, 4.69) is 64.3 Å². The van der Waals surface area contributed by atoms with E-state index in [4.69, 9.17) is 0 Å². The molecule has 0 heterocycles. The first kappa shape index (κ1) is 19.6. The van der Waals surface area contributed by atoms with E-state index in [-0.39, 0.29) is 0 Å². The van der Waals surface area contributed by atoms with Gasteiger partial charge in [0.1, 0.15) is 0 Å². The van der Waals surface area contributed by atoms with Gasteiger partial charge in [-0.15, -0.1) is 12.5 Å². The largest absolute Gasteiger partial charge is 0.103 e. The lowest BCUT2D eigenvalue weighted by molar-refractivity contribution is 0.470. The van der Waals surface area contributed by atoms with Crippen LogP contribution in [-0.4, -0.2) is 0 Å². The molecule has 0 amide bonds. The lowest BCUT2D eigenvalue weighted by atomic mass is 9.91. The quantitative estimate of drug-likeness (QED) is 0.266. The van der Waals surface area contributed by atoms with Gasteiger partial charge in [-0.25, -0.2) is 0 Å². The molecule has 23 heavy (non-hydrogen) atoms. The smallest absolute Gasteiger partial charge is 0.0427 e. The van der Waals surface area contributed by atoms with Gasteiger partial charge in [-0.05, 0) is 49.3 Å². The van der Waals surface area contributed by atoms with Crippen molar-refractivity contribution in [3.63, 3.8) is 0 Å². The molecule has 0 nitrogen and oxygen atoms in total. The van der Waals surface area contributed by atoms with E-state index in [9.17, 15) is 0 Å². The molecule has 0 aromatic heterocycles. The normalized spacial score (nSPS) is 13.0. The predicted molar refractivity (Wildman–Crippen MR) is 104 cm³/mol. The van der Waals surface area contributed by atoms with Crippen LogP contribution in [0.15, 0.2) is 30.9 Å². The second-order valence-corrected chi connectivity index (χ2v) is 6.82. The van der Waals surface area contributed by atoms with Crippen molar-refractivity contribution in [2.24, 2.45) is 5.92 Å². The SMILES string of the molecule is C=CCc1c(C)cccc1C(C)C#CCCC(C)CCCCC. The summed E-state index contributed by atoms with van der Waals surface area (Å²) in [5, 5.41) is 0. The monoisotopic (exact) mass is 310 g/mol. The zero-order chi connectivity index (χ0) is 17.1. The van der Waals surface area contributed by atoms with Gasteiger partial charge < -0.3 is 0 Å². The Hall–Kier alpha value is -1.48. The van der Waals surface area contributed by atoms with E-state index in [0.717, 1.165) is 18.8 Å². The van der Waals surface area contributed by atoms with E-state index in [0.29, 0.717) is 5.92 Å². The van der Waals surface area contributed by atoms with E-state index in [1.165, 1.54) is 48.8 Å². The zero-order valence-electron chi connectivity index (χ0n) is 15.6. The van der Waals surface area contributed by atoms with Crippen molar-refractivity contribution in [1.82, 2.24) is 0 Å². The van der Waals surface area contributed by atoms with Crippen molar-refractivity contribution in [2.45, 2.75) is 78.6 Å². The van der Waals surface area contributed by atoms with Crippen molar-refractivity contribution in [2.75, 3.05) is 0 Å². The second-order valence-electron chi connectivity index (χ2n) is 6.82. The van der Waals surface area contributed by atoms with Gasteiger partial charge in [-0.1, -0.05) is 69.7 Å². The second kappa shape index (κ2) is 11.1. The molecule has 1 aromatic rings. The fraction of sp³-hybridized carbons (Fsp3) is 0.565. The van der Waals surface area contributed by atoms with Crippen LogP contribution in [0.5, 0.6) is 0 Å². The highest BCUT2D eigenvalue weighted by molar-refractivity contribution is 5.41. The summed E-state index contributed by atoms with van der Waals surface area (Å²) < 4.78 is 0. The van der Waals surface area contributed by atoms with Gasteiger partial charge in [-0.3, -0.25) is 0 Å². The molecule has 0 radical (unpaired) electrons. The summed E-state index contributed by atoms with van der Waals surface area (Å²) in [6, 6.07) is 6.55. The Labute approximate surface area is 144 Å². The molecule has 0 spiro atoms. The van der Waals surface area contributed by atoms with Crippen molar-refractivity contribution in [1.29, 1.82) is 0 Å². The van der Waals surface area contributed by atoms with Gasteiger partial charge in [0.15, 0.2) is 0 Å². The summed E-state index contributed by atoms with van der Waals surface area (Å²) in [5.74, 6) is 7.99. The summed E-state index contributed by atoms with van der Waals surface area (Å²) in [4.78, 5) is 0. The van der Waals surface area contributed by atoms with Crippen molar-refractivity contribution < 1.29 is 0 Å². The highest BCUT2D eigenvalue weighted by Crippen LogP contribution is 2.23. The number of unbranched alkanes of at least 4 members (excludes halogenated alkanes) is 2. The van der Waals surface area contributed by atoms with Gasteiger partial charge >= 0.3 is 0 Å². The molecule has 0 N–H and O–H groups in total. The maximum atomic E-state index is 3.89.